The average Bonchev–Trinajstić information content (AvgIpc) is 3.10. The van der Waals surface area contributed by atoms with Crippen LogP contribution in [0.1, 0.15) is 55.3 Å². The van der Waals surface area contributed by atoms with Crippen LogP contribution in [0, 0.1) is 0 Å². The molecule has 0 saturated heterocycles. The zero-order valence-electron chi connectivity index (χ0n) is 12.5. The zero-order valence-corrected chi connectivity index (χ0v) is 12.5. The molecule has 21 heavy (non-hydrogen) atoms. The van der Waals surface area contributed by atoms with Crippen molar-refractivity contribution < 1.29 is 4.52 Å². The number of nitrogens with zero attached hydrogens (tertiary/aromatic N) is 5. The first-order chi connectivity index (χ1) is 10.3. The Morgan fingerprint density at radius 2 is 2.29 bits per heavy atom. The third-order valence-electron chi connectivity index (χ3n) is 4.30. The molecule has 2 aromatic rings. The Morgan fingerprint density at radius 1 is 1.38 bits per heavy atom. The monoisotopic (exact) mass is 287 g/mol. The first-order valence-corrected chi connectivity index (χ1v) is 7.92. The van der Waals surface area contributed by atoms with Crippen molar-refractivity contribution in [2.75, 3.05) is 6.54 Å². The molecule has 1 aliphatic carbocycles. The zero-order chi connectivity index (χ0) is 14.2. The molecule has 4 rings (SSSR count). The van der Waals surface area contributed by atoms with Crippen LogP contribution in [0.15, 0.2) is 10.9 Å². The third kappa shape index (κ3) is 2.60. The third-order valence-corrected chi connectivity index (χ3v) is 4.30. The Morgan fingerprint density at radius 3 is 3.10 bits per heavy atom. The van der Waals surface area contributed by atoms with Gasteiger partial charge in [0.1, 0.15) is 0 Å². The van der Waals surface area contributed by atoms with E-state index in [1.807, 2.05) is 6.33 Å². The lowest BCUT2D eigenvalue weighted by Crippen LogP contribution is -2.31. The maximum Gasteiger partial charge on any atom is 0.226 e. The Hall–Kier alpha value is -1.69. The van der Waals surface area contributed by atoms with Crippen LogP contribution < -0.4 is 0 Å². The standard InChI is InChI=1S/C15H21N5O/c1-2-3-15-17-14(18-21-15)9-19-7-6-13-12(8-19)16-10-20(13)11-4-5-11/h10-11H,2-9H2,1H3. The summed E-state index contributed by atoms with van der Waals surface area (Å²) < 4.78 is 7.64. The van der Waals surface area contributed by atoms with E-state index in [0.29, 0.717) is 0 Å². The predicted octanol–water partition coefficient (Wildman–Crippen LogP) is 2.11. The van der Waals surface area contributed by atoms with Crippen LogP contribution in [0.2, 0.25) is 0 Å². The highest BCUT2D eigenvalue weighted by Crippen LogP contribution is 2.37. The number of aromatic nitrogens is 4. The summed E-state index contributed by atoms with van der Waals surface area (Å²) in [5.74, 6) is 1.55. The van der Waals surface area contributed by atoms with Gasteiger partial charge >= 0.3 is 0 Å². The highest BCUT2D eigenvalue weighted by molar-refractivity contribution is 5.18. The minimum Gasteiger partial charge on any atom is -0.339 e. The van der Waals surface area contributed by atoms with Crippen molar-refractivity contribution in [2.24, 2.45) is 0 Å². The molecule has 112 valence electrons. The Kier molecular flexibility index (Phi) is 3.25. The summed E-state index contributed by atoms with van der Waals surface area (Å²) in [4.78, 5) is 11.4. The molecule has 0 unspecified atom stereocenters. The van der Waals surface area contributed by atoms with E-state index in [1.165, 1.54) is 24.2 Å². The normalized spacial score (nSPS) is 18.9. The summed E-state index contributed by atoms with van der Waals surface area (Å²) in [6.45, 7) is 4.81. The molecular weight excluding hydrogens is 266 g/mol. The minimum absolute atomic E-state index is 0.724. The quantitative estimate of drug-likeness (QED) is 0.843. The van der Waals surface area contributed by atoms with E-state index in [9.17, 15) is 0 Å². The van der Waals surface area contributed by atoms with Crippen molar-refractivity contribution in [3.05, 3.63) is 29.4 Å². The fraction of sp³-hybridized carbons (Fsp3) is 0.667. The lowest BCUT2D eigenvalue weighted by Gasteiger charge is -2.25. The molecule has 1 aliphatic heterocycles. The second-order valence-corrected chi connectivity index (χ2v) is 6.09. The van der Waals surface area contributed by atoms with Crippen molar-refractivity contribution >= 4 is 0 Å². The van der Waals surface area contributed by atoms with Crippen molar-refractivity contribution in [1.29, 1.82) is 0 Å². The second kappa shape index (κ2) is 5.26. The van der Waals surface area contributed by atoms with Crippen molar-refractivity contribution in [3.63, 3.8) is 0 Å². The fourth-order valence-electron chi connectivity index (χ4n) is 3.06. The SMILES string of the molecule is CCCc1nc(CN2CCc3c(ncn3C3CC3)C2)no1. The summed E-state index contributed by atoms with van der Waals surface area (Å²) in [5, 5.41) is 4.07. The van der Waals surface area contributed by atoms with Crippen LogP contribution in [0.4, 0.5) is 0 Å². The Labute approximate surface area is 124 Å². The van der Waals surface area contributed by atoms with Gasteiger partial charge in [-0.3, -0.25) is 4.90 Å². The first kappa shape index (κ1) is 13.0. The number of imidazole rings is 1. The smallest absolute Gasteiger partial charge is 0.226 e. The highest BCUT2D eigenvalue weighted by atomic mass is 16.5. The van der Waals surface area contributed by atoms with Gasteiger partial charge in [0.15, 0.2) is 5.82 Å². The van der Waals surface area contributed by atoms with E-state index >= 15 is 0 Å². The minimum atomic E-state index is 0.724. The summed E-state index contributed by atoms with van der Waals surface area (Å²) >= 11 is 0. The summed E-state index contributed by atoms with van der Waals surface area (Å²) in [5.41, 5.74) is 2.67. The van der Waals surface area contributed by atoms with E-state index in [1.54, 1.807) is 0 Å². The number of rotatable bonds is 5. The molecular formula is C15H21N5O. The van der Waals surface area contributed by atoms with Crippen LogP contribution in [0.25, 0.3) is 0 Å². The molecule has 6 nitrogen and oxygen atoms in total. The summed E-state index contributed by atoms with van der Waals surface area (Å²) in [7, 11) is 0. The highest BCUT2D eigenvalue weighted by Gasteiger charge is 2.29. The van der Waals surface area contributed by atoms with Crippen LogP contribution in [-0.4, -0.2) is 31.1 Å². The first-order valence-electron chi connectivity index (χ1n) is 7.92. The maximum absolute atomic E-state index is 5.25. The number of fused-ring (bicyclic) bond motifs is 1. The number of hydrogen-bond donors (Lipinski definition) is 0. The van der Waals surface area contributed by atoms with Crippen LogP contribution >= 0.6 is 0 Å². The van der Waals surface area contributed by atoms with Gasteiger partial charge in [-0.05, 0) is 19.3 Å². The summed E-state index contributed by atoms with van der Waals surface area (Å²) in [6.07, 6.45) is 7.63. The molecule has 1 saturated carbocycles. The molecule has 3 heterocycles. The predicted molar refractivity (Wildman–Crippen MR) is 76.6 cm³/mol. The van der Waals surface area contributed by atoms with Gasteiger partial charge in [0, 0.05) is 37.7 Å². The van der Waals surface area contributed by atoms with E-state index in [4.69, 9.17) is 4.52 Å². The van der Waals surface area contributed by atoms with Gasteiger partial charge in [0.25, 0.3) is 0 Å². The molecule has 1 fully saturated rings. The van der Waals surface area contributed by atoms with Crippen molar-refractivity contribution in [1.82, 2.24) is 24.6 Å². The van der Waals surface area contributed by atoms with Gasteiger partial charge in [-0.2, -0.15) is 4.98 Å². The molecule has 2 aliphatic rings. The molecule has 0 atom stereocenters. The number of hydrogen-bond acceptors (Lipinski definition) is 5. The lowest BCUT2D eigenvalue weighted by atomic mass is 10.1. The molecule has 0 radical (unpaired) electrons. The van der Waals surface area contributed by atoms with Gasteiger partial charge in [-0.15, -0.1) is 0 Å². The maximum atomic E-state index is 5.25. The molecule has 6 heteroatoms. The van der Waals surface area contributed by atoms with Gasteiger partial charge in [-0.1, -0.05) is 12.1 Å². The molecule has 0 bridgehead atoms. The lowest BCUT2D eigenvalue weighted by molar-refractivity contribution is 0.230. The Balaban J connectivity index is 1.43. The van der Waals surface area contributed by atoms with Gasteiger partial charge in [0.05, 0.1) is 18.6 Å². The largest absolute Gasteiger partial charge is 0.339 e. The van der Waals surface area contributed by atoms with Crippen LogP contribution in [-0.2, 0) is 25.9 Å². The van der Waals surface area contributed by atoms with Gasteiger partial charge in [0.2, 0.25) is 5.89 Å². The van der Waals surface area contributed by atoms with E-state index in [2.05, 4.69) is 31.5 Å². The van der Waals surface area contributed by atoms with Crippen LogP contribution in [0.5, 0.6) is 0 Å². The van der Waals surface area contributed by atoms with Crippen molar-refractivity contribution in [3.8, 4) is 0 Å². The van der Waals surface area contributed by atoms with Gasteiger partial charge in [-0.25, -0.2) is 4.98 Å². The van der Waals surface area contributed by atoms with Gasteiger partial charge < -0.3 is 9.09 Å². The van der Waals surface area contributed by atoms with E-state index < -0.39 is 0 Å². The second-order valence-electron chi connectivity index (χ2n) is 6.09. The van der Waals surface area contributed by atoms with E-state index in [0.717, 1.165) is 56.7 Å². The molecule has 0 amide bonds. The van der Waals surface area contributed by atoms with Crippen molar-refractivity contribution in [2.45, 2.75) is 58.2 Å². The summed E-state index contributed by atoms with van der Waals surface area (Å²) in [6, 6.07) is 0.724. The van der Waals surface area contributed by atoms with Crippen LogP contribution in [0.3, 0.4) is 0 Å². The molecule has 0 spiro atoms. The number of aryl methyl sites for hydroxylation is 1. The fourth-order valence-corrected chi connectivity index (χ4v) is 3.06. The molecule has 2 aromatic heterocycles. The Bertz CT molecular complexity index is 628. The molecule has 0 N–H and O–H groups in total. The topological polar surface area (TPSA) is 60.0 Å². The average molecular weight is 287 g/mol. The molecule has 0 aromatic carbocycles. The van der Waals surface area contributed by atoms with E-state index in [-0.39, 0.29) is 0 Å².